The highest BCUT2D eigenvalue weighted by atomic mass is 19.4. The highest BCUT2D eigenvalue weighted by Crippen LogP contribution is 2.30. The third kappa shape index (κ3) is 3.90. The van der Waals surface area contributed by atoms with E-state index in [4.69, 9.17) is 0 Å². The van der Waals surface area contributed by atoms with Gasteiger partial charge in [0.05, 0.1) is 5.69 Å². The number of halogens is 3. The van der Waals surface area contributed by atoms with Crippen molar-refractivity contribution in [1.82, 2.24) is 15.1 Å². The van der Waals surface area contributed by atoms with Crippen LogP contribution >= 0.6 is 0 Å². The zero-order chi connectivity index (χ0) is 15.5. The van der Waals surface area contributed by atoms with Crippen LogP contribution in [-0.2, 0) is 11.0 Å². The molecule has 0 spiro atoms. The first-order valence-corrected chi connectivity index (χ1v) is 6.74. The lowest BCUT2D eigenvalue weighted by atomic mass is 9.94. The number of nitrogens with one attached hydrogen (secondary N) is 1. The van der Waals surface area contributed by atoms with Crippen LogP contribution in [0, 0.1) is 0 Å². The zero-order valence-electron chi connectivity index (χ0n) is 11.3. The first-order chi connectivity index (χ1) is 9.91. The van der Waals surface area contributed by atoms with Gasteiger partial charge in [-0.2, -0.15) is 18.3 Å². The second kappa shape index (κ2) is 6.38. The van der Waals surface area contributed by atoms with Gasteiger partial charge in [0.25, 0.3) is 5.56 Å². The summed E-state index contributed by atoms with van der Waals surface area (Å²) in [5.41, 5.74) is -2.19. The minimum Gasteiger partial charge on any atom is -0.303 e. The molecule has 21 heavy (non-hydrogen) atoms. The van der Waals surface area contributed by atoms with Crippen LogP contribution < -0.4 is 5.56 Å². The third-order valence-corrected chi connectivity index (χ3v) is 3.62. The molecular formula is C13H16F3N3O2. The molecule has 1 unspecified atom stereocenters. The molecule has 116 valence electrons. The quantitative estimate of drug-likeness (QED) is 0.857. The van der Waals surface area contributed by atoms with Gasteiger partial charge in [-0.25, -0.2) is 5.10 Å². The van der Waals surface area contributed by atoms with E-state index in [2.05, 4.69) is 5.10 Å². The number of hydrogen-bond acceptors (Lipinski definition) is 4. The highest BCUT2D eigenvalue weighted by molar-refractivity contribution is 5.49. The van der Waals surface area contributed by atoms with Crippen LogP contribution in [0.5, 0.6) is 0 Å². The number of hydrogen-bond donors (Lipinski definition) is 1. The molecule has 1 aliphatic heterocycles. The summed E-state index contributed by atoms with van der Waals surface area (Å²) in [6.45, 7) is 1.96. The third-order valence-electron chi connectivity index (χ3n) is 3.62. The van der Waals surface area contributed by atoms with E-state index in [1.54, 1.807) is 0 Å². The van der Waals surface area contributed by atoms with Crippen molar-refractivity contribution in [1.29, 1.82) is 0 Å². The largest absolute Gasteiger partial charge is 0.421 e. The molecular weight excluding hydrogens is 287 g/mol. The number of aromatic amines is 1. The summed E-state index contributed by atoms with van der Waals surface area (Å²) in [5, 5.41) is 5.69. The van der Waals surface area contributed by atoms with Crippen LogP contribution in [0.15, 0.2) is 10.9 Å². The summed E-state index contributed by atoms with van der Waals surface area (Å²) in [6.07, 6.45) is -1.92. The fraction of sp³-hybridized carbons (Fsp3) is 0.615. The molecule has 1 N–H and O–H groups in total. The van der Waals surface area contributed by atoms with Crippen LogP contribution in [0.2, 0.25) is 0 Å². The summed E-state index contributed by atoms with van der Waals surface area (Å²) in [4.78, 5) is 23.6. The maximum absolute atomic E-state index is 12.7. The van der Waals surface area contributed by atoms with Gasteiger partial charge in [0.15, 0.2) is 0 Å². The molecule has 1 aliphatic rings. The Balaban J connectivity index is 2.18. The van der Waals surface area contributed by atoms with Crippen molar-refractivity contribution in [2.75, 3.05) is 19.6 Å². The predicted octanol–water partition coefficient (Wildman–Crippen LogP) is 1.56. The van der Waals surface area contributed by atoms with Crippen LogP contribution in [0.3, 0.4) is 0 Å². The SMILES string of the molecule is O=CCCN1CCCC(c2cc(C(F)(F)F)c(=O)[nH]n2)C1. The van der Waals surface area contributed by atoms with Gasteiger partial charge in [-0.3, -0.25) is 4.79 Å². The number of alkyl halides is 3. The van der Waals surface area contributed by atoms with Crippen molar-refractivity contribution < 1.29 is 18.0 Å². The molecule has 1 saturated heterocycles. The monoisotopic (exact) mass is 303 g/mol. The standard InChI is InChI=1S/C13H16F3N3O2/c14-13(15,16)10-7-11(17-18-12(10)21)9-3-1-4-19(8-9)5-2-6-20/h6-7,9H,1-5,8H2,(H,18,21). The number of aldehydes is 1. The van der Waals surface area contributed by atoms with Gasteiger partial charge in [-0.15, -0.1) is 0 Å². The average molecular weight is 303 g/mol. The van der Waals surface area contributed by atoms with Gasteiger partial charge in [0.1, 0.15) is 11.8 Å². The summed E-state index contributed by atoms with van der Waals surface area (Å²) in [5.74, 6) is -0.164. The van der Waals surface area contributed by atoms with Gasteiger partial charge in [0, 0.05) is 25.4 Å². The van der Waals surface area contributed by atoms with E-state index in [-0.39, 0.29) is 11.6 Å². The Morgan fingerprint density at radius 2 is 2.24 bits per heavy atom. The Morgan fingerprint density at radius 3 is 2.90 bits per heavy atom. The lowest BCUT2D eigenvalue weighted by Gasteiger charge is -2.31. The van der Waals surface area contributed by atoms with Crippen LogP contribution in [0.1, 0.15) is 36.4 Å². The van der Waals surface area contributed by atoms with Crippen molar-refractivity contribution in [2.45, 2.75) is 31.4 Å². The molecule has 0 bridgehead atoms. The molecule has 1 aromatic heterocycles. The zero-order valence-corrected chi connectivity index (χ0v) is 11.3. The minimum absolute atomic E-state index is 0.164. The lowest BCUT2D eigenvalue weighted by Crippen LogP contribution is -2.36. The number of piperidine rings is 1. The van der Waals surface area contributed by atoms with E-state index in [0.717, 1.165) is 25.3 Å². The first-order valence-electron chi connectivity index (χ1n) is 6.74. The van der Waals surface area contributed by atoms with Crippen molar-refractivity contribution >= 4 is 6.29 Å². The van der Waals surface area contributed by atoms with E-state index < -0.39 is 17.3 Å². The Bertz CT molecular complexity index is 556. The minimum atomic E-state index is -4.68. The Hall–Kier alpha value is -1.70. The normalized spacial score (nSPS) is 20.4. The fourth-order valence-electron chi connectivity index (χ4n) is 2.58. The second-order valence-corrected chi connectivity index (χ2v) is 5.13. The maximum atomic E-state index is 12.7. The Morgan fingerprint density at radius 1 is 1.48 bits per heavy atom. The number of rotatable bonds is 4. The smallest absolute Gasteiger partial charge is 0.303 e. The summed E-state index contributed by atoms with van der Waals surface area (Å²) >= 11 is 0. The topological polar surface area (TPSA) is 66.1 Å². The number of H-pyrrole nitrogens is 1. The molecule has 1 aromatic rings. The Labute approximate surface area is 119 Å². The highest BCUT2D eigenvalue weighted by Gasteiger charge is 2.35. The van der Waals surface area contributed by atoms with Crippen molar-refractivity contribution in [3.8, 4) is 0 Å². The summed E-state index contributed by atoms with van der Waals surface area (Å²) < 4.78 is 38.2. The molecule has 0 aliphatic carbocycles. The molecule has 0 amide bonds. The molecule has 1 fully saturated rings. The average Bonchev–Trinajstić information content (AvgIpc) is 2.44. The maximum Gasteiger partial charge on any atom is 0.421 e. The van der Waals surface area contributed by atoms with E-state index in [0.29, 0.717) is 25.9 Å². The molecule has 8 heteroatoms. The fourth-order valence-corrected chi connectivity index (χ4v) is 2.58. The number of aromatic nitrogens is 2. The first kappa shape index (κ1) is 15.7. The van der Waals surface area contributed by atoms with Gasteiger partial charge in [-0.05, 0) is 25.5 Å². The van der Waals surface area contributed by atoms with Gasteiger partial charge < -0.3 is 9.69 Å². The molecule has 2 rings (SSSR count). The van der Waals surface area contributed by atoms with Crippen molar-refractivity contribution in [3.63, 3.8) is 0 Å². The number of likely N-dealkylation sites (tertiary alicyclic amines) is 1. The summed E-state index contributed by atoms with van der Waals surface area (Å²) in [6, 6.07) is 0.840. The molecule has 2 heterocycles. The van der Waals surface area contributed by atoms with Crippen LogP contribution in [0.4, 0.5) is 13.2 Å². The van der Waals surface area contributed by atoms with Gasteiger partial charge in [-0.1, -0.05) is 0 Å². The summed E-state index contributed by atoms with van der Waals surface area (Å²) in [7, 11) is 0. The van der Waals surface area contributed by atoms with Crippen molar-refractivity contribution in [2.24, 2.45) is 0 Å². The van der Waals surface area contributed by atoms with E-state index in [9.17, 15) is 22.8 Å². The van der Waals surface area contributed by atoms with Crippen LogP contribution in [0.25, 0.3) is 0 Å². The predicted molar refractivity (Wildman–Crippen MR) is 69.0 cm³/mol. The lowest BCUT2D eigenvalue weighted by molar-refractivity contribution is -0.138. The molecule has 0 radical (unpaired) electrons. The van der Waals surface area contributed by atoms with E-state index >= 15 is 0 Å². The van der Waals surface area contributed by atoms with Crippen LogP contribution in [-0.4, -0.2) is 41.0 Å². The van der Waals surface area contributed by atoms with E-state index in [1.165, 1.54) is 0 Å². The number of carbonyl (C=O) groups excluding carboxylic acids is 1. The van der Waals surface area contributed by atoms with Gasteiger partial charge >= 0.3 is 6.18 Å². The molecule has 1 atom stereocenters. The molecule has 5 nitrogen and oxygen atoms in total. The van der Waals surface area contributed by atoms with Crippen molar-refractivity contribution in [3.05, 3.63) is 27.7 Å². The van der Waals surface area contributed by atoms with Gasteiger partial charge in [0.2, 0.25) is 0 Å². The molecule has 0 saturated carbocycles. The van der Waals surface area contributed by atoms with E-state index in [1.807, 2.05) is 10.00 Å². The second-order valence-electron chi connectivity index (χ2n) is 5.13. The number of nitrogens with zero attached hydrogens (tertiary/aromatic N) is 2. The molecule has 0 aromatic carbocycles. The number of carbonyl (C=O) groups is 1. The Kier molecular flexibility index (Phi) is 4.76.